The molecule has 1 atom stereocenters. The van der Waals surface area contributed by atoms with Gasteiger partial charge >= 0.3 is 0 Å². The normalized spacial score (nSPS) is 12.2. The van der Waals surface area contributed by atoms with E-state index in [1.807, 2.05) is 30.3 Å². The summed E-state index contributed by atoms with van der Waals surface area (Å²) >= 11 is 0. The second-order valence-electron chi connectivity index (χ2n) is 5.33. The van der Waals surface area contributed by atoms with Crippen molar-refractivity contribution in [1.82, 2.24) is 4.98 Å². The van der Waals surface area contributed by atoms with Crippen LogP contribution in [-0.4, -0.2) is 16.7 Å². The van der Waals surface area contributed by atoms with Gasteiger partial charge in [0.25, 0.3) is 0 Å². The number of pyridine rings is 1. The minimum absolute atomic E-state index is 0.570. The largest absolute Gasteiger partial charge is 0.493 e. The highest BCUT2D eigenvalue weighted by atomic mass is 16.5. The van der Waals surface area contributed by atoms with Crippen molar-refractivity contribution >= 4 is 0 Å². The highest BCUT2D eigenvalue weighted by Gasteiger charge is 2.10. The molecule has 0 radical (unpaired) electrons. The van der Waals surface area contributed by atoms with Crippen LogP contribution in [0.25, 0.3) is 11.3 Å². The lowest BCUT2D eigenvalue weighted by Gasteiger charge is -2.13. The Kier molecular flexibility index (Phi) is 5.34. The summed E-state index contributed by atoms with van der Waals surface area (Å²) in [6.45, 7) is 6.63. The molecule has 1 N–H and O–H groups in total. The van der Waals surface area contributed by atoms with E-state index in [0.29, 0.717) is 12.3 Å². The van der Waals surface area contributed by atoms with Crippen molar-refractivity contribution < 1.29 is 9.84 Å². The molecule has 2 aromatic rings. The Balaban J connectivity index is 2.37. The Morgan fingerprint density at radius 1 is 1.24 bits per heavy atom. The SMILES string of the molecule is CCCCOc1ccc(C)cc1-c1cccc(C(C)O)n1. The molecule has 1 aromatic heterocycles. The molecule has 3 heteroatoms. The Hall–Kier alpha value is -1.87. The summed E-state index contributed by atoms with van der Waals surface area (Å²) in [5.74, 6) is 0.851. The van der Waals surface area contributed by atoms with E-state index in [2.05, 4.69) is 24.9 Å². The number of ether oxygens (including phenoxy) is 1. The number of aliphatic hydroxyl groups is 1. The number of aryl methyl sites for hydroxylation is 1. The number of rotatable bonds is 6. The van der Waals surface area contributed by atoms with Crippen molar-refractivity contribution in [3.05, 3.63) is 47.7 Å². The number of aliphatic hydroxyl groups excluding tert-OH is 1. The topological polar surface area (TPSA) is 42.4 Å². The van der Waals surface area contributed by atoms with E-state index in [4.69, 9.17) is 4.74 Å². The minimum atomic E-state index is -0.570. The van der Waals surface area contributed by atoms with E-state index in [0.717, 1.165) is 35.4 Å². The fraction of sp³-hybridized carbons (Fsp3) is 0.389. The van der Waals surface area contributed by atoms with Gasteiger partial charge in [0.05, 0.1) is 24.1 Å². The summed E-state index contributed by atoms with van der Waals surface area (Å²) in [5.41, 5.74) is 3.66. The molecule has 0 aliphatic heterocycles. The number of unbranched alkanes of at least 4 members (excludes halogenated alkanes) is 1. The molecular weight excluding hydrogens is 262 g/mol. The second-order valence-corrected chi connectivity index (χ2v) is 5.33. The number of hydrogen-bond donors (Lipinski definition) is 1. The van der Waals surface area contributed by atoms with E-state index >= 15 is 0 Å². The summed E-state index contributed by atoms with van der Waals surface area (Å²) in [6.07, 6.45) is 1.57. The highest BCUT2D eigenvalue weighted by molar-refractivity contribution is 5.68. The maximum atomic E-state index is 9.70. The van der Waals surface area contributed by atoms with Crippen LogP contribution in [-0.2, 0) is 0 Å². The third kappa shape index (κ3) is 4.05. The predicted molar refractivity (Wildman–Crippen MR) is 85.4 cm³/mol. The van der Waals surface area contributed by atoms with Crippen LogP contribution in [0.3, 0.4) is 0 Å². The number of benzene rings is 1. The van der Waals surface area contributed by atoms with Gasteiger partial charge in [-0.05, 0) is 44.5 Å². The number of hydrogen-bond acceptors (Lipinski definition) is 3. The zero-order chi connectivity index (χ0) is 15.2. The van der Waals surface area contributed by atoms with E-state index in [1.165, 1.54) is 0 Å². The smallest absolute Gasteiger partial charge is 0.128 e. The molecule has 0 bridgehead atoms. The van der Waals surface area contributed by atoms with Crippen molar-refractivity contribution in [2.24, 2.45) is 0 Å². The average molecular weight is 285 g/mol. The van der Waals surface area contributed by atoms with Gasteiger partial charge < -0.3 is 9.84 Å². The minimum Gasteiger partial charge on any atom is -0.493 e. The van der Waals surface area contributed by atoms with E-state index in [-0.39, 0.29) is 0 Å². The van der Waals surface area contributed by atoms with Gasteiger partial charge in [-0.2, -0.15) is 0 Å². The van der Waals surface area contributed by atoms with Crippen LogP contribution >= 0.6 is 0 Å². The van der Waals surface area contributed by atoms with E-state index in [9.17, 15) is 5.11 Å². The quantitative estimate of drug-likeness (QED) is 0.805. The Morgan fingerprint density at radius 3 is 2.76 bits per heavy atom. The lowest BCUT2D eigenvalue weighted by atomic mass is 10.1. The summed E-state index contributed by atoms with van der Waals surface area (Å²) in [6, 6.07) is 11.8. The van der Waals surface area contributed by atoms with Crippen molar-refractivity contribution in [1.29, 1.82) is 0 Å². The molecule has 0 aliphatic carbocycles. The highest BCUT2D eigenvalue weighted by Crippen LogP contribution is 2.30. The van der Waals surface area contributed by atoms with Crippen LogP contribution in [0.4, 0.5) is 0 Å². The van der Waals surface area contributed by atoms with Crippen molar-refractivity contribution in [3.8, 4) is 17.0 Å². The summed E-state index contributed by atoms with van der Waals surface area (Å²) in [5, 5.41) is 9.70. The van der Waals surface area contributed by atoms with Gasteiger partial charge in [-0.1, -0.05) is 31.0 Å². The van der Waals surface area contributed by atoms with Crippen molar-refractivity contribution in [2.45, 2.75) is 39.7 Å². The predicted octanol–water partition coefficient (Wildman–Crippen LogP) is 4.29. The van der Waals surface area contributed by atoms with Crippen LogP contribution in [0.2, 0.25) is 0 Å². The van der Waals surface area contributed by atoms with Gasteiger partial charge in [-0.25, -0.2) is 4.98 Å². The third-order valence-corrected chi connectivity index (χ3v) is 3.37. The van der Waals surface area contributed by atoms with E-state index in [1.54, 1.807) is 6.92 Å². The fourth-order valence-corrected chi connectivity index (χ4v) is 2.13. The van der Waals surface area contributed by atoms with Gasteiger partial charge in [-0.15, -0.1) is 0 Å². The number of aromatic nitrogens is 1. The Bertz CT molecular complexity index is 594. The fourth-order valence-electron chi connectivity index (χ4n) is 2.13. The second kappa shape index (κ2) is 7.23. The molecule has 1 heterocycles. The molecule has 0 fully saturated rings. The van der Waals surface area contributed by atoms with Gasteiger partial charge in [0.1, 0.15) is 5.75 Å². The first-order chi connectivity index (χ1) is 10.1. The van der Waals surface area contributed by atoms with Gasteiger partial charge in [-0.3, -0.25) is 0 Å². The monoisotopic (exact) mass is 285 g/mol. The standard InChI is InChI=1S/C18H23NO2/c1-4-5-11-21-18-10-9-13(2)12-15(18)17-8-6-7-16(19-17)14(3)20/h6-10,12,14,20H,4-5,11H2,1-3H3. The molecule has 112 valence electrons. The van der Waals surface area contributed by atoms with Crippen LogP contribution in [0.1, 0.15) is 44.1 Å². The maximum Gasteiger partial charge on any atom is 0.128 e. The van der Waals surface area contributed by atoms with Crippen LogP contribution in [0, 0.1) is 6.92 Å². The molecule has 2 rings (SSSR count). The molecule has 0 spiro atoms. The van der Waals surface area contributed by atoms with Crippen LogP contribution < -0.4 is 4.74 Å². The van der Waals surface area contributed by atoms with Gasteiger partial charge in [0.2, 0.25) is 0 Å². The van der Waals surface area contributed by atoms with Gasteiger partial charge in [0, 0.05) is 5.56 Å². The molecule has 0 aliphatic rings. The maximum absolute atomic E-state index is 9.70. The first-order valence-electron chi connectivity index (χ1n) is 7.50. The molecule has 1 aromatic carbocycles. The Labute approximate surface area is 126 Å². The summed E-state index contributed by atoms with van der Waals surface area (Å²) in [4.78, 5) is 4.54. The van der Waals surface area contributed by atoms with Crippen molar-refractivity contribution in [3.63, 3.8) is 0 Å². The zero-order valence-corrected chi connectivity index (χ0v) is 13.0. The van der Waals surface area contributed by atoms with Crippen LogP contribution in [0.15, 0.2) is 36.4 Å². The number of nitrogens with zero attached hydrogens (tertiary/aromatic N) is 1. The molecular formula is C18H23NO2. The zero-order valence-electron chi connectivity index (χ0n) is 13.0. The first kappa shape index (κ1) is 15.5. The van der Waals surface area contributed by atoms with Crippen LogP contribution in [0.5, 0.6) is 5.75 Å². The van der Waals surface area contributed by atoms with E-state index < -0.39 is 6.10 Å². The first-order valence-corrected chi connectivity index (χ1v) is 7.50. The lowest BCUT2D eigenvalue weighted by molar-refractivity contribution is 0.194. The average Bonchev–Trinajstić information content (AvgIpc) is 2.49. The molecule has 0 saturated heterocycles. The van der Waals surface area contributed by atoms with Gasteiger partial charge in [0.15, 0.2) is 0 Å². The molecule has 3 nitrogen and oxygen atoms in total. The molecule has 0 saturated carbocycles. The third-order valence-electron chi connectivity index (χ3n) is 3.37. The molecule has 21 heavy (non-hydrogen) atoms. The summed E-state index contributed by atoms with van der Waals surface area (Å²) in [7, 11) is 0. The Morgan fingerprint density at radius 2 is 2.05 bits per heavy atom. The lowest BCUT2D eigenvalue weighted by Crippen LogP contribution is -2.01. The molecule has 1 unspecified atom stereocenters. The summed E-state index contributed by atoms with van der Waals surface area (Å²) < 4.78 is 5.88. The molecule has 0 amide bonds. The van der Waals surface area contributed by atoms with Crippen molar-refractivity contribution in [2.75, 3.05) is 6.61 Å².